The molecule has 0 saturated heterocycles. The molecule has 0 spiro atoms. The highest BCUT2D eigenvalue weighted by atomic mass is 35.5. The lowest BCUT2D eigenvalue weighted by Crippen LogP contribution is -2.22. The van der Waals surface area contributed by atoms with E-state index in [2.05, 4.69) is 4.74 Å². The van der Waals surface area contributed by atoms with E-state index in [9.17, 15) is 4.79 Å². The summed E-state index contributed by atoms with van der Waals surface area (Å²) in [5, 5.41) is -0.195. The van der Waals surface area contributed by atoms with Crippen molar-refractivity contribution in [3.63, 3.8) is 0 Å². The first-order valence-corrected chi connectivity index (χ1v) is 3.99. The van der Waals surface area contributed by atoms with Gasteiger partial charge in [0.2, 0.25) is 0 Å². The molecule has 0 saturated carbocycles. The minimum atomic E-state index is -0.660. The molecule has 0 aliphatic rings. The second-order valence-corrected chi connectivity index (χ2v) is 2.87. The molecule has 2 atom stereocenters. The quantitative estimate of drug-likeness (QED) is 0.493. The number of hydrogen-bond acceptors (Lipinski definition) is 3. The molecule has 0 aromatic rings. The van der Waals surface area contributed by atoms with Crippen LogP contribution in [0.1, 0.15) is 20.8 Å². The molecule has 3 nitrogen and oxygen atoms in total. The molecule has 66 valence electrons. The molecule has 0 aliphatic heterocycles. The maximum absolute atomic E-state index is 10.7. The van der Waals surface area contributed by atoms with Crippen LogP contribution >= 0.6 is 11.6 Å². The van der Waals surface area contributed by atoms with Gasteiger partial charge in [0.25, 0.3) is 0 Å². The van der Waals surface area contributed by atoms with Gasteiger partial charge < -0.3 is 9.47 Å². The van der Waals surface area contributed by atoms with Crippen LogP contribution in [-0.4, -0.2) is 24.2 Å². The van der Waals surface area contributed by atoms with Crippen molar-refractivity contribution >= 4 is 17.8 Å². The Morgan fingerprint density at radius 2 is 2.09 bits per heavy atom. The van der Waals surface area contributed by atoms with Gasteiger partial charge in [-0.15, -0.1) is 11.6 Å². The number of hydrogen-bond donors (Lipinski definition) is 0. The van der Waals surface area contributed by atoms with Crippen LogP contribution in [0.4, 0.5) is 4.79 Å². The van der Waals surface area contributed by atoms with Gasteiger partial charge in [-0.05, 0) is 20.8 Å². The van der Waals surface area contributed by atoms with E-state index >= 15 is 0 Å². The summed E-state index contributed by atoms with van der Waals surface area (Å²) in [7, 11) is 0. The van der Waals surface area contributed by atoms with Gasteiger partial charge in [0.15, 0.2) is 0 Å². The highest BCUT2D eigenvalue weighted by Gasteiger charge is 2.14. The van der Waals surface area contributed by atoms with E-state index in [1.54, 1.807) is 20.8 Å². The van der Waals surface area contributed by atoms with Crippen molar-refractivity contribution in [1.82, 2.24) is 0 Å². The summed E-state index contributed by atoms with van der Waals surface area (Å²) in [5.41, 5.74) is 0. The zero-order valence-corrected chi connectivity index (χ0v) is 7.72. The van der Waals surface area contributed by atoms with Crippen molar-refractivity contribution in [3.8, 4) is 0 Å². The molecular formula is C7H13ClO3. The van der Waals surface area contributed by atoms with Crippen LogP contribution in [0.5, 0.6) is 0 Å². The normalized spacial score (nSPS) is 15.3. The van der Waals surface area contributed by atoms with E-state index in [0.29, 0.717) is 6.61 Å². The summed E-state index contributed by atoms with van der Waals surface area (Å²) in [5.74, 6) is 0. The first-order valence-electron chi connectivity index (χ1n) is 3.55. The Morgan fingerprint density at radius 3 is 2.45 bits per heavy atom. The fourth-order valence-corrected chi connectivity index (χ4v) is 0.449. The summed E-state index contributed by atoms with van der Waals surface area (Å²) >= 11 is 5.64. The Labute approximate surface area is 71.6 Å². The third-order valence-corrected chi connectivity index (χ3v) is 1.55. The van der Waals surface area contributed by atoms with E-state index in [-0.39, 0.29) is 11.5 Å². The van der Waals surface area contributed by atoms with Crippen molar-refractivity contribution in [2.75, 3.05) is 6.61 Å². The third-order valence-electron chi connectivity index (χ3n) is 1.19. The monoisotopic (exact) mass is 180 g/mol. The summed E-state index contributed by atoms with van der Waals surface area (Å²) in [4.78, 5) is 10.7. The molecule has 4 heteroatoms. The molecule has 0 N–H and O–H groups in total. The second kappa shape index (κ2) is 5.24. The standard InChI is InChI=1S/C7H13ClO3/c1-4-10-7(9)11-6(3)5(2)8/h5-6H,4H2,1-3H3. The van der Waals surface area contributed by atoms with Gasteiger partial charge in [-0.3, -0.25) is 0 Å². The summed E-state index contributed by atoms with van der Waals surface area (Å²) in [6.45, 7) is 5.51. The van der Waals surface area contributed by atoms with Gasteiger partial charge >= 0.3 is 6.16 Å². The largest absolute Gasteiger partial charge is 0.508 e. The second-order valence-electron chi connectivity index (χ2n) is 2.18. The minimum absolute atomic E-state index is 0.195. The van der Waals surface area contributed by atoms with Gasteiger partial charge in [-0.25, -0.2) is 4.79 Å². The van der Waals surface area contributed by atoms with Crippen LogP contribution in [0.2, 0.25) is 0 Å². The highest BCUT2D eigenvalue weighted by molar-refractivity contribution is 6.20. The number of halogens is 1. The van der Waals surface area contributed by atoms with Gasteiger partial charge in [-0.1, -0.05) is 0 Å². The molecule has 2 unspecified atom stereocenters. The Bertz CT molecular complexity index is 125. The van der Waals surface area contributed by atoms with Gasteiger partial charge in [0.05, 0.1) is 12.0 Å². The first-order chi connectivity index (χ1) is 5.07. The van der Waals surface area contributed by atoms with Crippen LogP contribution in [-0.2, 0) is 9.47 Å². The molecule has 0 fully saturated rings. The molecule has 0 radical (unpaired) electrons. The van der Waals surface area contributed by atoms with E-state index in [1.807, 2.05) is 0 Å². The van der Waals surface area contributed by atoms with Crippen molar-refractivity contribution in [1.29, 1.82) is 0 Å². The van der Waals surface area contributed by atoms with Crippen LogP contribution in [0.15, 0.2) is 0 Å². The van der Waals surface area contributed by atoms with E-state index < -0.39 is 6.16 Å². The third kappa shape index (κ3) is 4.90. The number of carbonyl (C=O) groups excluding carboxylic acids is 1. The fraction of sp³-hybridized carbons (Fsp3) is 0.857. The van der Waals surface area contributed by atoms with Crippen LogP contribution < -0.4 is 0 Å². The van der Waals surface area contributed by atoms with Crippen molar-refractivity contribution in [3.05, 3.63) is 0 Å². The van der Waals surface area contributed by atoms with Gasteiger partial charge in [0.1, 0.15) is 6.10 Å². The van der Waals surface area contributed by atoms with Crippen LogP contribution in [0.25, 0.3) is 0 Å². The van der Waals surface area contributed by atoms with Crippen LogP contribution in [0, 0.1) is 0 Å². The Morgan fingerprint density at radius 1 is 1.55 bits per heavy atom. The van der Waals surface area contributed by atoms with E-state index in [1.165, 1.54) is 0 Å². The van der Waals surface area contributed by atoms with Crippen molar-refractivity contribution in [2.45, 2.75) is 32.3 Å². The summed E-state index contributed by atoms with van der Waals surface area (Å²) < 4.78 is 9.30. The molecule has 11 heavy (non-hydrogen) atoms. The van der Waals surface area contributed by atoms with E-state index in [4.69, 9.17) is 16.3 Å². The molecule has 0 rings (SSSR count). The summed E-state index contributed by atoms with van der Waals surface area (Å²) in [6, 6.07) is 0. The predicted molar refractivity (Wildman–Crippen MR) is 42.9 cm³/mol. The van der Waals surface area contributed by atoms with Gasteiger partial charge in [0, 0.05) is 0 Å². The Balaban J connectivity index is 3.57. The lowest BCUT2D eigenvalue weighted by Gasteiger charge is -2.13. The molecule has 0 bridgehead atoms. The van der Waals surface area contributed by atoms with Crippen molar-refractivity contribution in [2.24, 2.45) is 0 Å². The predicted octanol–water partition coefficient (Wildman–Crippen LogP) is 2.18. The fourth-order valence-electron chi connectivity index (χ4n) is 0.397. The zero-order valence-electron chi connectivity index (χ0n) is 6.96. The number of alkyl halides is 1. The zero-order chi connectivity index (χ0) is 8.85. The number of carbonyl (C=O) groups is 1. The average Bonchev–Trinajstić information content (AvgIpc) is 1.87. The molecule has 0 amide bonds. The molecular weight excluding hydrogens is 168 g/mol. The first kappa shape index (κ1) is 10.6. The van der Waals surface area contributed by atoms with E-state index in [0.717, 1.165) is 0 Å². The minimum Gasteiger partial charge on any atom is -0.435 e. The molecule has 0 aromatic heterocycles. The van der Waals surface area contributed by atoms with Crippen molar-refractivity contribution < 1.29 is 14.3 Å². The molecule has 0 aliphatic carbocycles. The number of rotatable bonds is 3. The van der Waals surface area contributed by atoms with Crippen LogP contribution in [0.3, 0.4) is 0 Å². The number of ether oxygens (including phenoxy) is 2. The van der Waals surface area contributed by atoms with Gasteiger partial charge in [-0.2, -0.15) is 0 Å². The molecule has 0 aromatic carbocycles. The maximum Gasteiger partial charge on any atom is 0.508 e. The lowest BCUT2D eigenvalue weighted by molar-refractivity contribution is 0.0322. The highest BCUT2D eigenvalue weighted by Crippen LogP contribution is 2.05. The SMILES string of the molecule is CCOC(=O)OC(C)C(C)Cl. The lowest BCUT2D eigenvalue weighted by atomic mass is 10.3. The topological polar surface area (TPSA) is 35.5 Å². The average molecular weight is 181 g/mol. The smallest absolute Gasteiger partial charge is 0.435 e. The Hall–Kier alpha value is -0.440. The summed E-state index contributed by atoms with van der Waals surface area (Å²) in [6.07, 6.45) is -0.969. The maximum atomic E-state index is 10.7. The Kier molecular flexibility index (Phi) is 5.03. The molecule has 0 heterocycles.